The maximum Gasteiger partial charge on any atom is 0.0547 e. The molecule has 3 heteroatoms. The lowest BCUT2D eigenvalue weighted by atomic mass is 9.86. The van der Waals surface area contributed by atoms with Gasteiger partial charge >= 0.3 is 0 Å². The van der Waals surface area contributed by atoms with Gasteiger partial charge in [0, 0.05) is 24.8 Å². The molecular formula is C16H27N3. The zero-order valence-corrected chi connectivity index (χ0v) is 12.3. The number of hydrogen-bond donors (Lipinski definition) is 1. The summed E-state index contributed by atoms with van der Waals surface area (Å²) in [6, 6.07) is 6.71. The fraction of sp³-hybridized carbons (Fsp3) is 0.688. The van der Waals surface area contributed by atoms with Crippen LogP contribution in [0.15, 0.2) is 18.2 Å². The molecule has 1 fully saturated rings. The number of pyridine rings is 1. The maximum atomic E-state index is 6.08. The lowest BCUT2D eigenvalue weighted by Gasteiger charge is -2.31. The standard InChI is InChI=1S/C16H27N3/c1-3-19(11-14-7-5-8-15(17)10-14)12-16-9-4-6-13(2)18-16/h4,6,9,14-15H,3,5,7-8,10-12,17H2,1-2H3. The van der Waals surface area contributed by atoms with Crippen molar-refractivity contribution >= 4 is 0 Å². The molecule has 106 valence electrons. The first-order chi connectivity index (χ1) is 9.17. The molecule has 0 bridgehead atoms. The highest BCUT2D eigenvalue weighted by Gasteiger charge is 2.21. The summed E-state index contributed by atoms with van der Waals surface area (Å²) < 4.78 is 0. The summed E-state index contributed by atoms with van der Waals surface area (Å²) >= 11 is 0. The Bertz CT molecular complexity index is 391. The highest BCUT2D eigenvalue weighted by atomic mass is 15.1. The third kappa shape index (κ3) is 4.59. The van der Waals surface area contributed by atoms with Gasteiger partial charge in [0.1, 0.15) is 0 Å². The van der Waals surface area contributed by atoms with Crippen molar-refractivity contribution in [1.29, 1.82) is 0 Å². The predicted octanol–water partition coefficient (Wildman–Crippen LogP) is 2.73. The van der Waals surface area contributed by atoms with Crippen LogP contribution in [0.4, 0.5) is 0 Å². The lowest BCUT2D eigenvalue weighted by Crippen LogP contribution is -2.35. The highest BCUT2D eigenvalue weighted by Crippen LogP contribution is 2.24. The molecule has 0 radical (unpaired) electrons. The van der Waals surface area contributed by atoms with E-state index >= 15 is 0 Å². The first kappa shape index (κ1) is 14.5. The van der Waals surface area contributed by atoms with Gasteiger partial charge in [-0.25, -0.2) is 0 Å². The van der Waals surface area contributed by atoms with E-state index in [0.717, 1.165) is 24.7 Å². The summed E-state index contributed by atoms with van der Waals surface area (Å²) in [5, 5.41) is 0. The van der Waals surface area contributed by atoms with E-state index in [9.17, 15) is 0 Å². The molecule has 0 aromatic carbocycles. The van der Waals surface area contributed by atoms with E-state index in [-0.39, 0.29) is 0 Å². The Balaban J connectivity index is 1.89. The quantitative estimate of drug-likeness (QED) is 0.886. The smallest absolute Gasteiger partial charge is 0.0547 e. The molecule has 0 amide bonds. The Morgan fingerprint density at radius 1 is 1.37 bits per heavy atom. The summed E-state index contributed by atoms with van der Waals surface area (Å²) in [6.45, 7) is 7.50. The highest BCUT2D eigenvalue weighted by molar-refractivity contribution is 5.09. The van der Waals surface area contributed by atoms with Crippen molar-refractivity contribution in [3.8, 4) is 0 Å². The van der Waals surface area contributed by atoms with Crippen LogP contribution in [0.1, 0.15) is 44.0 Å². The third-order valence-corrected chi connectivity index (χ3v) is 4.12. The van der Waals surface area contributed by atoms with Gasteiger partial charge < -0.3 is 5.73 Å². The molecular weight excluding hydrogens is 234 g/mol. The average molecular weight is 261 g/mol. The molecule has 1 aliphatic rings. The van der Waals surface area contributed by atoms with E-state index in [1.165, 1.54) is 37.9 Å². The Kier molecular flexibility index (Phi) is 5.34. The molecule has 2 rings (SSSR count). The van der Waals surface area contributed by atoms with E-state index in [0.29, 0.717) is 6.04 Å². The molecule has 1 heterocycles. The van der Waals surface area contributed by atoms with Crippen LogP contribution in [-0.4, -0.2) is 29.0 Å². The average Bonchev–Trinajstić information content (AvgIpc) is 2.38. The van der Waals surface area contributed by atoms with E-state index in [1.54, 1.807) is 0 Å². The molecule has 0 spiro atoms. The van der Waals surface area contributed by atoms with Gasteiger partial charge in [0.25, 0.3) is 0 Å². The van der Waals surface area contributed by atoms with Crippen molar-refractivity contribution in [1.82, 2.24) is 9.88 Å². The van der Waals surface area contributed by atoms with Crippen LogP contribution in [0.3, 0.4) is 0 Å². The summed E-state index contributed by atoms with van der Waals surface area (Å²) in [5.74, 6) is 0.772. The number of aryl methyl sites for hydroxylation is 1. The fourth-order valence-electron chi connectivity index (χ4n) is 3.09. The summed E-state index contributed by atoms with van der Waals surface area (Å²) in [7, 11) is 0. The molecule has 1 aromatic rings. The lowest BCUT2D eigenvalue weighted by molar-refractivity contribution is 0.191. The van der Waals surface area contributed by atoms with Gasteiger partial charge in [-0.1, -0.05) is 19.4 Å². The van der Waals surface area contributed by atoms with Crippen molar-refractivity contribution in [2.75, 3.05) is 13.1 Å². The zero-order valence-electron chi connectivity index (χ0n) is 12.3. The number of nitrogens with two attached hydrogens (primary N) is 1. The van der Waals surface area contributed by atoms with E-state index in [4.69, 9.17) is 5.73 Å². The molecule has 2 N–H and O–H groups in total. The fourth-order valence-corrected chi connectivity index (χ4v) is 3.09. The Labute approximate surface area is 117 Å². The van der Waals surface area contributed by atoms with Crippen molar-refractivity contribution < 1.29 is 0 Å². The van der Waals surface area contributed by atoms with Gasteiger partial charge in [-0.3, -0.25) is 9.88 Å². The third-order valence-electron chi connectivity index (χ3n) is 4.12. The predicted molar refractivity (Wildman–Crippen MR) is 79.9 cm³/mol. The molecule has 1 aliphatic carbocycles. The first-order valence-electron chi connectivity index (χ1n) is 7.58. The SMILES string of the molecule is CCN(Cc1cccc(C)n1)CC1CCCC(N)C1. The topological polar surface area (TPSA) is 42.2 Å². The van der Waals surface area contributed by atoms with Crippen molar-refractivity contribution in [3.05, 3.63) is 29.6 Å². The van der Waals surface area contributed by atoms with Crippen LogP contribution in [0.25, 0.3) is 0 Å². The van der Waals surface area contributed by atoms with Crippen LogP contribution < -0.4 is 5.73 Å². The second-order valence-corrected chi connectivity index (χ2v) is 5.89. The number of nitrogens with zero attached hydrogens (tertiary/aromatic N) is 2. The van der Waals surface area contributed by atoms with Gasteiger partial charge in [-0.05, 0) is 50.8 Å². The second-order valence-electron chi connectivity index (χ2n) is 5.89. The minimum absolute atomic E-state index is 0.426. The molecule has 1 aromatic heterocycles. The molecule has 0 aliphatic heterocycles. The second kappa shape index (κ2) is 7.01. The number of rotatable bonds is 5. The van der Waals surface area contributed by atoms with Crippen molar-refractivity contribution in [3.63, 3.8) is 0 Å². The van der Waals surface area contributed by atoms with Crippen molar-refractivity contribution in [2.24, 2.45) is 11.7 Å². The molecule has 19 heavy (non-hydrogen) atoms. The van der Waals surface area contributed by atoms with Crippen LogP contribution in [0.2, 0.25) is 0 Å². The summed E-state index contributed by atoms with van der Waals surface area (Å²) in [4.78, 5) is 7.11. The minimum Gasteiger partial charge on any atom is -0.328 e. The zero-order chi connectivity index (χ0) is 13.7. The van der Waals surface area contributed by atoms with Gasteiger partial charge in [0.2, 0.25) is 0 Å². The Morgan fingerprint density at radius 3 is 2.89 bits per heavy atom. The van der Waals surface area contributed by atoms with Crippen LogP contribution in [0, 0.1) is 12.8 Å². The number of aromatic nitrogens is 1. The van der Waals surface area contributed by atoms with E-state index in [1.807, 2.05) is 0 Å². The van der Waals surface area contributed by atoms with Gasteiger partial charge in [0.05, 0.1) is 5.69 Å². The molecule has 0 saturated heterocycles. The Hall–Kier alpha value is -0.930. The normalized spacial score (nSPS) is 23.8. The number of hydrogen-bond acceptors (Lipinski definition) is 3. The van der Waals surface area contributed by atoms with Crippen LogP contribution in [0.5, 0.6) is 0 Å². The maximum absolute atomic E-state index is 6.08. The van der Waals surface area contributed by atoms with Gasteiger partial charge in [-0.15, -0.1) is 0 Å². The monoisotopic (exact) mass is 261 g/mol. The van der Waals surface area contributed by atoms with Gasteiger partial charge in [-0.2, -0.15) is 0 Å². The molecule has 3 nitrogen and oxygen atoms in total. The molecule has 2 unspecified atom stereocenters. The van der Waals surface area contributed by atoms with Gasteiger partial charge in [0.15, 0.2) is 0 Å². The van der Waals surface area contributed by atoms with E-state index < -0.39 is 0 Å². The molecule has 2 atom stereocenters. The van der Waals surface area contributed by atoms with Crippen LogP contribution >= 0.6 is 0 Å². The Morgan fingerprint density at radius 2 is 2.21 bits per heavy atom. The summed E-state index contributed by atoms with van der Waals surface area (Å²) in [5.41, 5.74) is 8.37. The molecule has 1 saturated carbocycles. The minimum atomic E-state index is 0.426. The largest absolute Gasteiger partial charge is 0.328 e. The summed E-state index contributed by atoms with van der Waals surface area (Å²) in [6.07, 6.45) is 5.04. The van der Waals surface area contributed by atoms with E-state index in [2.05, 4.69) is 41.9 Å². The van der Waals surface area contributed by atoms with Crippen LogP contribution in [-0.2, 0) is 6.54 Å². The first-order valence-corrected chi connectivity index (χ1v) is 7.58. The van der Waals surface area contributed by atoms with Crippen molar-refractivity contribution in [2.45, 2.75) is 52.1 Å².